The Morgan fingerprint density at radius 2 is 2.16 bits per heavy atom. The number of aromatic nitrogens is 1. The summed E-state index contributed by atoms with van der Waals surface area (Å²) < 4.78 is 5.00. The Hall–Kier alpha value is -1.75. The number of nitrogens with one attached hydrogen (secondary N) is 1. The molecule has 0 spiro atoms. The molecule has 0 aliphatic rings. The van der Waals surface area contributed by atoms with E-state index in [1.54, 1.807) is 0 Å². The van der Waals surface area contributed by atoms with Crippen molar-refractivity contribution in [2.45, 2.75) is 20.3 Å². The standard InChI is InChI=1S/C14H21N3O2/c1-14(2,6-7-15)9-17(3)10-4-5-12-11(8-10)16-13(18)19-12/h4-5,8H,6-7,9,15H2,1-3H3,(H,16,18). The lowest BCUT2D eigenvalue weighted by molar-refractivity contribution is 0.347. The van der Waals surface area contributed by atoms with Gasteiger partial charge in [-0.05, 0) is 36.6 Å². The molecule has 0 amide bonds. The molecule has 0 aliphatic heterocycles. The third-order valence-electron chi connectivity index (χ3n) is 3.33. The minimum Gasteiger partial charge on any atom is -0.408 e. The van der Waals surface area contributed by atoms with Crippen LogP contribution in [0.2, 0.25) is 0 Å². The van der Waals surface area contributed by atoms with Crippen molar-refractivity contribution in [3.63, 3.8) is 0 Å². The van der Waals surface area contributed by atoms with E-state index in [1.165, 1.54) is 0 Å². The van der Waals surface area contributed by atoms with Crippen molar-refractivity contribution in [2.24, 2.45) is 11.1 Å². The highest BCUT2D eigenvalue weighted by atomic mass is 16.4. The summed E-state index contributed by atoms with van der Waals surface area (Å²) in [5.74, 6) is -0.418. The topological polar surface area (TPSA) is 75.3 Å². The highest BCUT2D eigenvalue weighted by molar-refractivity contribution is 5.77. The molecule has 0 fully saturated rings. The molecule has 104 valence electrons. The van der Waals surface area contributed by atoms with E-state index >= 15 is 0 Å². The van der Waals surface area contributed by atoms with Gasteiger partial charge >= 0.3 is 5.76 Å². The van der Waals surface area contributed by atoms with Crippen LogP contribution in [-0.2, 0) is 0 Å². The molecule has 1 aromatic carbocycles. The van der Waals surface area contributed by atoms with E-state index < -0.39 is 5.76 Å². The lowest BCUT2D eigenvalue weighted by Crippen LogP contribution is -2.32. The third-order valence-corrected chi connectivity index (χ3v) is 3.33. The summed E-state index contributed by atoms with van der Waals surface area (Å²) in [4.78, 5) is 16.0. The van der Waals surface area contributed by atoms with Crippen LogP contribution in [0.15, 0.2) is 27.4 Å². The zero-order valence-electron chi connectivity index (χ0n) is 11.7. The van der Waals surface area contributed by atoms with Gasteiger partial charge in [0.1, 0.15) is 0 Å². The molecule has 19 heavy (non-hydrogen) atoms. The van der Waals surface area contributed by atoms with Crippen LogP contribution >= 0.6 is 0 Å². The van der Waals surface area contributed by atoms with Crippen molar-refractivity contribution < 1.29 is 4.42 Å². The number of hydrogen-bond acceptors (Lipinski definition) is 4. The molecule has 5 heteroatoms. The Kier molecular flexibility index (Phi) is 3.66. The second-order valence-corrected chi connectivity index (χ2v) is 5.75. The first-order valence-electron chi connectivity index (χ1n) is 6.45. The zero-order valence-corrected chi connectivity index (χ0v) is 11.7. The molecule has 0 atom stereocenters. The number of anilines is 1. The van der Waals surface area contributed by atoms with Crippen molar-refractivity contribution in [1.82, 2.24) is 4.98 Å². The Bertz CT molecular complexity index is 612. The largest absolute Gasteiger partial charge is 0.417 e. The fourth-order valence-corrected chi connectivity index (χ4v) is 2.38. The van der Waals surface area contributed by atoms with Crippen molar-refractivity contribution in [1.29, 1.82) is 0 Å². The van der Waals surface area contributed by atoms with Gasteiger partial charge in [-0.15, -0.1) is 0 Å². The lowest BCUT2D eigenvalue weighted by Gasteiger charge is -2.31. The molecule has 1 aromatic heterocycles. The Morgan fingerprint density at radius 1 is 1.42 bits per heavy atom. The van der Waals surface area contributed by atoms with Gasteiger partial charge in [0.2, 0.25) is 0 Å². The minimum atomic E-state index is -0.418. The number of nitrogens with zero attached hydrogens (tertiary/aromatic N) is 1. The van der Waals surface area contributed by atoms with Crippen LogP contribution in [-0.4, -0.2) is 25.1 Å². The predicted octanol–water partition coefficient (Wildman–Crippen LogP) is 1.93. The maximum absolute atomic E-state index is 11.1. The van der Waals surface area contributed by atoms with Crippen molar-refractivity contribution in [3.8, 4) is 0 Å². The number of oxazole rings is 1. The van der Waals surface area contributed by atoms with Crippen LogP contribution in [0.4, 0.5) is 5.69 Å². The van der Waals surface area contributed by atoms with Gasteiger partial charge in [0.25, 0.3) is 0 Å². The molecule has 0 radical (unpaired) electrons. The van der Waals surface area contributed by atoms with Crippen LogP contribution < -0.4 is 16.4 Å². The molecule has 0 saturated heterocycles. The molecule has 2 aromatic rings. The second-order valence-electron chi connectivity index (χ2n) is 5.75. The van der Waals surface area contributed by atoms with E-state index in [1.807, 2.05) is 25.2 Å². The predicted molar refractivity (Wildman–Crippen MR) is 77.6 cm³/mol. The van der Waals surface area contributed by atoms with Gasteiger partial charge in [0.15, 0.2) is 5.58 Å². The van der Waals surface area contributed by atoms with Gasteiger partial charge in [-0.3, -0.25) is 4.98 Å². The van der Waals surface area contributed by atoms with Crippen molar-refractivity contribution >= 4 is 16.8 Å². The maximum Gasteiger partial charge on any atom is 0.417 e. The molecule has 0 bridgehead atoms. The molecular weight excluding hydrogens is 242 g/mol. The number of H-pyrrole nitrogens is 1. The van der Waals surface area contributed by atoms with Gasteiger partial charge in [-0.25, -0.2) is 4.79 Å². The normalized spacial score (nSPS) is 12.0. The summed E-state index contributed by atoms with van der Waals surface area (Å²) in [5.41, 5.74) is 8.16. The molecule has 2 rings (SSSR count). The first kappa shape index (κ1) is 13.7. The Balaban J connectivity index is 2.21. The summed E-state index contributed by atoms with van der Waals surface area (Å²) in [6, 6.07) is 5.70. The number of hydrogen-bond donors (Lipinski definition) is 2. The first-order chi connectivity index (χ1) is 8.91. The fourth-order valence-electron chi connectivity index (χ4n) is 2.38. The highest BCUT2D eigenvalue weighted by Crippen LogP contribution is 2.25. The van der Waals surface area contributed by atoms with E-state index in [0.717, 1.165) is 24.2 Å². The monoisotopic (exact) mass is 263 g/mol. The summed E-state index contributed by atoms with van der Waals surface area (Å²) in [6.45, 7) is 6.00. The average molecular weight is 263 g/mol. The summed E-state index contributed by atoms with van der Waals surface area (Å²) in [5, 5.41) is 0. The van der Waals surface area contributed by atoms with Crippen molar-refractivity contribution in [3.05, 3.63) is 28.7 Å². The summed E-state index contributed by atoms with van der Waals surface area (Å²) in [7, 11) is 2.04. The van der Waals surface area contributed by atoms with Gasteiger partial charge in [0, 0.05) is 19.3 Å². The number of aromatic amines is 1. The van der Waals surface area contributed by atoms with Crippen LogP contribution in [0, 0.1) is 5.41 Å². The molecule has 5 nitrogen and oxygen atoms in total. The number of nitrogens with two attached hydrogens (primary N) is 1. The van der Waals surface area contributed by atoms with Gasteiger partial charge in [-0.2, -0.15) is 0 Å². The van der Waals surface area contributed by atoms with Gasteiger partial charge < -0.3 is 15.1 Å². The van der Waals surface area contributed by atoms with Crippen LogP contribution in [0.25, 0.3) is 11.1 Å². The van der Waals surface area contributed by atoms with E-state index in [9.17, 15) is 4.79 Å². The molecule has 0 saturated carbocycles. The van der Waals surface area contributed by atoms with E-state index in [0.29, 0.717) is 12.1 Å². The minimum absolute atomic E-state index is 0.155. The molecule has 0 unspecified atom stereocenters. The van der Waals surface area contributed by atoms with E-state index in [2.05, 4.69) is 23.7 Å². The zero-order chi connectivity index (χ0) is 14.0. The third kappa shape index (κ3) is 3.17. The number of benzene rings is 1. The Labute approximate surface area is 112 Å². The average Bonchev–Trinajstić information content (AvgIpc) is 2.66. The maximum atomic E-state index is 11.1. The molecular formula is C14H21N3O2. The molecule has 1 heterocycles. The number of rotatable bonds is 5. The first-order valence-corrected chi connectivity index (χ1v) is 6.45. The van der Waals surface area contributed by atoms with Crippen LogP contribution in [0.3, 0.4) is 0 Å². The van der Waals surface area contributed by atoms with E-state index in [-0.39, 0.29) is 5.41 Å². The Morgan fingerprint density at radius 3 is 2.84 bits per heavy atom. The lowest BCUT2D eigenvalue weighted by atomic mass is 9.88. The van der Waals surface area contributed by atoms with Crippen LogP contribution in [0.5, 0.6) is 0 Å². The van der Waals surface area contributed by atoms with E-state index in [4.69, 9.17) is 10.2 Å². The summed E-state index contributed by atoms with van der Waals surface area (Å²) in [6.07, 6.45) is 0.974. The van der Waals surface area contributed by atoms with Gasteiger partial charge in [0.05, 0.1) is 5.52 Å². The smallest absolute Gasteiger partial charge is 0.408 e. The van der Waals surface area contributed by atoms with Crippen molar-refractivity contribution in [2.75, 3.05) is 25.0 Å². The highest BCUT2D eigenvalue weighted by Gasteiger charge is 2.19. The molecule has 3 N–H and O–H groups in total. The fraction of sp³-hybridized carbons (Fsp3) is 0.500. The van der Waals surface area contributed by atoms with Crippen LogP contribution in [0.1, 0.15) is 20.3 Å². The molecule has 0 aliphatic carbocycles. The quantitative estimate of drug-likeness (QED) is 0.864. The second kappa shape index (κ2) is 5.09. The SMILES string of the molecule is CN(CC(C)(C)CCN)c1ccc2oc(=O)[nH]c2c1. The number of fused-ring (bicyclic) bond motifs is 1. The van der Waals surface area contributed by atoms with Gasteiger partial charge in [-0.1, -0.05) is 13.8 Å². The summed E-state index contributed by atoms with van der Waals surface area (Å²) >= 11 is 0.